The molecule has 5 heteroatoms. The van der Waals surface area contributed by atoms with Gasteiger partial charge in [0, 0.05) is 32.7 Å². The average molecular weight is 407 g/mol. The molecule has 0 saturated carbocycles. The first kappa shape index (κ1) is 20.9. The number of para-hydroxylation sites is 2. The summed E-state index contributed by atoms with van der Waals surface area (Å²) >= 11 is 0. The monoisotopic (exact) mass is 406 g/mol. The van der Waals surface area contributed by atoms with E-state index in [-0.39, 0.29) is 0 Å². The first-order valence-electron chi connectivity index (χ1n) is 11.2. The third-order valence-corrected chi connectivity index (χ3v) is 6.22. The number of likely N-dealkylation sites (N-methyl/N-ethyl adjacent to an activating group) is 1. The number of aryl methyl sites for hydroxylation is 3. The van der Waals surface area contributed by atoms with Crippen LogP contribution in [0.5, 0.6) is 5.75 Å². The van der Waals surface area contributed by atoms with E-state index in [9.17, 15) is 0 Å². The first-order valence-corrected chi connectivity index (χ1v) is 11.2. The van der Waals surface area contributed by atoms with Gasteiger partial charge in [0.25, 0.3) is 0 Å². The van der Waals surface area contributed by atoms with Crippen molar-refractivity contribution in [1.82, 2.24) is 19.4 Å². The second kappa shape index (κ2) is 9.63. The molecule has 1 aromatic heterocycles. The highest BCUT2D eigenvalue weighted by Gasteiger charge is 2.18. The van der Waals surface area contributed by atoms with Gasteiger partial charge in [0.15, 0.2) is 0 Å². The minimum atomic E-state index is 0.753. The Morgan fingerprint density at radius 1 is 0.933 bits per heavy atom. The van der Waals surface area contributed by atoms with Crippen LogP contribution >= 0.6 is 0 Å². The molecule has 3 aromatic rings. The lowest BCUT2D eigenvalue weighted by molar-refractivity contribution is 0.144. The molecule has 0 bridgehead atoms. The molecular formula is C25H34N4O. The summed E-state index contributed by atoms with van der Waals surface area (Å²) in [5.74, 6) is 2.16. The maximum Gasteiger partial charge on any atom is 0.124 e. The lowest BCUT2D eigenvalue weighted by Crippen LogP contribution is -2.44. The Balaban J connectivity index is 1.36. The molecule has 4 rings (SSSR count). The van der Waals surface area contributed by atoms with Crippen LogP contribution in [0.2, 0.25) is 0 Å². The van der Waals surface area contributed by atoms with Gasteiger partial charge in [-0.25, -0.2) is 4.98 Å². The van der Waals surface area contributed by atoms with Gasteiger partial charge in [-0.15, -0.1) is 0 Å². The molecule has 0 atom stereocenters. The highest BCUT2D eigenvalue weighted by molar-refractivity contribution is 5.75. The number of rotatable bonds is 8. The summed E-state index contributed by atoms with van der Waals surface area (Å²) in [6.07, 6.45) is 2.12. The fourth-order valence-electron chi connectivity index (χ4n) is 4.07. The number of benzene rings is 2. The number of aromatic nitrogens is 2. The van der Waals surface area contributed by atoms with E-state index in [0.29, 0.717) is 0 Å². The Morgan fingerprint density at radius 2 is 1.73 bits per heavy atom. The maximum atomic E-state index is 5.97. The van der Waals surface area contributed by atoms with Crippen molar-refractivity contribution in [3.8, 4) is 5.75 Å². The smallest absolute Gasteiger partial charge is 0.124 e. The van der Waals surface area contributed by atoms with Gasteiger partial charge in [-0.05, 0) is 69.1 Å². The summed E-state index contributed by atoms with van der Waals surface area (Å²) in [5, 5.41) is 0. The number of hydrogen-bond acceptors (Lipinski definition) is 4. The SMILES string of the molecule is Cc1ccc(OCCCCn2c(CN3CCN(C)CC3)nc3ccccc32)cc1C. The van der Waals surface area contributed by atoms with E-state index in [4.69, 9.17) is 9.72 Å². The second-order valence-corrected chi connectivity index (χ2v) is 8.55. The summed E-state index contributed by atoms with van der Waals surface area (Å²) in [6, 6.07) is 14.9. The van der Waals surface area contributed by atoms with Crippen LogP contribution in [0, 0.1) is 13.8 Å². The normalized spacial score (nSPS) is 15.7. The van der Waals surface area contributed by atoms with Gasteiger partial charge >= 0.3 is 0 Å². The lowest BCUT2D eigenvalue weighted by atomic mass is 10.1. The average Bonchev–Trinajstić information content (AvgIpc) is 3.09. The molecule has 0 spiro atoms. The molecular weight excluding hydrogens is 372 g/mol. The number of piperazine rings is 1. The van der Waals surface area contributed by atoms with E-state index in [1.54, 1.807) is 0 Å². The standard InChI is InChI=1S/C25H34N4O/c1-20-10-11-22(18-21(20)2)30-17-7-6-12-29-24-9-5-4-8-23(24)26-25(29)19-28-15-13-27(3)14-16-28/h4-5,8-11,18H,6-7,12-17,19H2,1-3H3. The van der Waals surface area contributed by atoms with Gasteiger partial charge in [-0.3, -0.25) is 4.90 Å². The number of unbranched alkanes of at least 4 members (excludes halogenated alkanes) is 1. The van der Waals surface area contributed by atoms with Crippen LogP contribution in [-0.4, -0.2) is 59.2 Å². The van der Waals surface area contributed by atoms with Crippen LogP contribution in [0.25, 0.3) is 11.0 Å². The molecule has 5 nitrogen and oxygen atoms in total. The number of nitrogens with zero attached hydrogens (tertiary/aromatic N) is 4. The Bertz CT molecular complexity index is 972. The van der Waals surface area contributed by atoms with E-state index >= 15 is 0 Å². The molecule has 0 amide bonds. The Morgan fingerprint density at radius 3 is 2.53 bits per heavy atom. The predicted octanol–water partition coefficient (Wildman–Crippen LogP) is 4.26. The van der Waals surface area contributed by atoms with Crippen molar-refractivity contribution in [2.24, 2.45) is 0 Å². The molecule has 2 aromatic carbocycles. The zero-order valence-corrected chi connectivity index (χ0v) is 18.6. The van der Waals surface area contributed by atoms with Crippen LogP contribution in [-0.2, 0) is 13.1 Å². The van der Waals surface area contributed by atoms with Crippen LogP contribution in [0.4, 0.5) is 0 Å². The molecule has 1 saturated heterocycles. The third-order valence-electron chi connectivity index (χ3n) is 6.22. The zero-order chi connectivity index (χ0) is 20.9. The maximum absolute atomic E-state index is 5.97. The minimum Gasteiger partial charge on any atom is -0.494 e. The molecule has 0 radical (unpaired) electrons. The summed E-state index contributed by atoms with van der Waals surface area (Å²) in [4.78, 5) is 9.89. The molecule has 0 unspecified atom stereocenters. The summed E-state index contributed by atoms with van der Waals surface area (Å²) in [7, 11) is 2.20. The van der Waals surface area contributed by atoms with E-state index in [1.165, 1.54) is 22.5 Å². The van der Waals surface area contributed by atoms with Gasteiger partial charge in [0.2, 0.25) is 0 Å². The Hall–Kier alpha value is -2.37. The van der Waals surface area contributed by atoms with E-state index in [1.807, 2.05) is 0 Å². The molecule has 0 N–H and O–H groups in total. The zero-order valence-electron chi connectivity index (χ0n) is 18.6. The highest BCUT2D eigenvalue weighted by Crippen LogP contribution is 2.20. The molecule has 0 aliphatic carbocycles. The molecule has 1 aliphatic heterocycles. The summed E-state index contributed by atoms with van der Waals surface area (Å²) < 4.78 is 8.39. The summed E-state index contributed by atoms with van der Waals surface area (Å²) in [6.45, 7) is 11.4. The van der Waals surface area contributed by atoms with E-state index < -0.39 is 0 Å². The van der Waals surface area contributed by atoms with Crippen molar-refractivity contribution in [3.05, 3.63) is 59.4 Å². The largest absolute Gasteiger partial charge is 0.494 e. The topological polar surface area (TPSA) is 33.5 Å². The number of ether oxygens (including phenoxy) is 1. The molecule has 160 valence electrons. The van der Waals surface area contributed by atoms with Crippen LogP contribution in [0.1, 0.15) is 29.8 Å². The predicted molar refractivity (Wildman–Crippen MR) is 123 cm³/mol. The van der Waals surface area contributed by atoms with Crippen molar-refractivity contribution in [3.63, 3.8) is 0 Å². The van der Waals surface area contributed by atoms with E-state index in [2.05, 4.69) is 77.7 Å². The van der Waals surface area contributed by atoms with Gasteiger partial charge in [0.05, 0.1) is 24.2 Å². The van der Waals surface area contributed by atoms with Crippen LogP contribution < -0.4 is 4.74 Å². The molecule has 1 fully saturated rings. The van der Waals surface area contributed by atoms with Gasteiger partial charge in [0.1, 0.15) is 11.6 Å². The van der Waals surface area contributed by atoms with Crippen molar-refractivity contribution in [2.75, 3.05) is 39.8 Å². The third kappa shape index (κ3) is 5.02. The lowest BCUT2D eigenvalue weighted by Gasteiger charge is -2.32. The van der Waals surface area contributed by atoms with Crippen LogP contribution in [0.15, 0.2) is 42.5 Å². The highest BCUT2D eigenvalue weighted by atomic mass is 16.5. The Labute approximate surface area is 180 Å². The van der Waals surface area contributed by atoms with Crippen molar-refractivity contribution >= 4 is 11.0 Å². The number of hydrogen-bond donors (Lipinski definition) is 0. The van der Waals surface area contributed by atoms with Gasteiger partial charge in [-0.2, -0.15) is 0 Å². The quantitative estimate of drug-likeness (QED) is 0.524. The fraction of sp³-hybridized carbons (Fsp3) is 0.480. The molecule has 1 aliphatic rings. The summed E-state index contributed by atoms with van der Waals surface area (Å²) in [5.41, 5.74) is 4.94. The minimum absolute atomic E-state index is 0.753. The van der Waals surface area contributed by atoms with Gasteiger partial charge in [-0.1, -0.05) is 18.2 Å². The van der Waals surface area contributed by atoms with Crippen molar-refractivity contribution in [1.29, 1.82) is 0 Å². The van der Waals surface area contributed by atoms with Gasteiger partial charge < -0.3 is 14.2 Å². The van der Waals surface area contributed by atoms with Crippen molar-refractivity contribution < 1.29 is 4.74 Å². The van der Waals surface area contributed by atoms with Crippen LogP contribution in [0.3, 0.4) is 0 Å². The second-order valence-electron chi connectivity index (χ2n) is 8.55. The molecule has 2 heterocycles. The fourth-order valence-corrected chi connectivity index (χ4v) is 4.07. The Kier molecular flexibility index (Phi) is 6.70. The first-order chi connectivity index (χ1) is 14.6. The van der Waals surface area contributed by atoms with E-state index in [0.717, 1.165) is 70.0 Å². The number of fused-ring (bicyclic) bond motifs is 1. The van der Waals surface area contributed by atoms with Crippen molar-refractivity contribution in [2.45, 2.75) is 39.8 Å². The molecule has 30 heavy (non-hydrogen) atoms. The number of imidazole rings is 1.